The summed E-state index contributed by atoms with van der Waals surface area (Å²) >= 11 is 0. The molecule has 0 aromatic heterocycles. The molecule has 0 spiro atoms. The summed E-state index contributed by atoms with van der Waals surface area (Å²) in [5, 5.41) is 0. The van der Waals surface area contributed by atoms with Gasteiger partial charge >= 0.3 is 0 Å². The molecular formula is C65H49N. The first-order valence-electron chi connectivity index (χ1n) is 23.2. The maximum absolute atomic E-state index is 2.44. The average Bonchev–Trinajstić information content (AvgIpc) is 3.79. The second kappa shape index (κ2) is 15.6. The van der Waals surface area contributed by atoms with Gasteiger partial charge in [-0.2, -0.15) is 0 Å². The van der Waals surface area contributed by atoms with Crippen LogP contribution >= 0.6 is 0 Å². The van der Waals surface area contributed by atoms with Crippen molar-refractivity contribution in [2.24, 2.45) is 0 Å². The van der Waals surface area contributed by atoms with Crippen molar-refractivity contribution < 1.29 is 0 Å². The lowest BCUT2D eigenvalue weighted by Crippen LogP contribution is -2.22. The Balaban J connectivity index is 0.963. The van der Waals surface area contributed by atoms with Gasteiger partial charge in [-0.3, -0.25) is 0 Å². The molecule has 0 radical (unpaired) electrons. The van der Waals surface area contributed by atoms with Crippen LogP contribution in [0.25, 0.3) is 66.8 Å². The zero-order valence-electron chi connectivity index (χ0n) is 37.5. The quantitative estimate of drug-likeness (QED) is 0.147. The van der Waals surface area contributed by atoms with Crippen molar-refractivity contribution in [3.63, 3.8) is 0 Å². The Labute approximate surface area is 389 Å². The normalized spacial score (nSPS) is 15.1. The summed E-state index contributed by atoms with van der Waals surface area (Å²) in [6.07, 6.45) is 0. The molecule has 0 N–H and O–H groups in total. The van der Waals surface area contributed by atoms with Gasteiger partial charge in [0.2, 0.25) is 0 Å². The van der Waals surface area contributed by atoms with Crippen molar-refractivity contribution in [1.29, 1.82) is 0 Å². The summed E-state index contributed by atoms with van der Waals surface area (Å²) in [5.41, 5.74) is 24.7. The van der Waals surface area contributed by atoms with Crippen molar-refractivity contribution in [2.45, 2.75) is 31.6 Å². The second-order valence-electron chi connectivity index (χ2n) is 18.6. The highest BCUT2D eigenvalue weighted by atomic mass is 15.1. The topological polar surface area (TPSA) is 3.24 Å². The summed E-state index contributed by atoms with van der Waals surface area (Å²) in [5.74, 6) is 0. The third-order valence-electron chi connectivity index (χ3n) is 14.6. The zero-order chi connectivity index (χ0) is 44.4. The molecule has 314 valence electrons. The summed E-state index contributed by atoms with van der Waals surface area (Å²) in [6, 6.07) is 89.5. The minimum atomic E-state index is -0.314. The Kier molecular flexibility index (Phi) is 9.36. The molecule has 1 heteroatoms. The molecule has 1 unspecified atom stereocenters. The van der Waals surface area contributed by atoms with E-state index in [9.17, 15) is 0 Å². The van der Waals surface area contributed by atoms with Gasteiger partial charge in [0.05, 0.1) is 0 Å². The Morgan fingerprint density at radius 3 is 1.30 bits per heavy atom. The van der Waals surface area contributed by atoms with E-state index >= 15 is 0 Å². The molecule has 12 rings (SSSR count). The lowest BCUT2D eigenvalue weighted by Gasteiger charge is -2.31. The maximum Gasteiger partial charge on any atom is 0.0465 e. The van der Waals surface area contributed by atoms with Crippen LogP contribution in [0.4, 0.5) is 17.1 Å². The van der Waals surface area contributed by atoms with Crippen molar-refractivity contribution in [3.8, 4) is 66.8 Å². The zero-order valence-corrected chi connectivity index (χ0v) is 37.5. The third-order valence-corrected chi connectivity index (χ3v) is 14.6. The van der Waals surface area contributed by atoms with Crippen LogP contribution in [-0.4, -0.2) is 0 Å². The van der Waals surface area contributed by atoms with Crippen molar-refractivity contribution in [2.75, 3.05) is 4.90 Å². The fraction of sp³-hybridized carbons (Fsp3) is 0.0769. The van der Waals surface area contributed by atoms with Gasteiger partial charge in [0.15, 0.2) is 0 Å². The Hall–Kier alpha value is -8.00. The molecule has 10 aromatic carbocycles. The minimum absolute atomic E-state index is 0.116. The van der Waals surface area contributed by atoms with E-state index in [0.29, 0.717) is 0 Å². The number of anilines is 3. The van der Waals surface area contributed by atoms with Gasteiger partial charge in [-0.1, -0.05) is 220 Å². The molecule has 0 fully saturated rings. The average molecular weight is 844 g/mol. The minimum Gasteiger partial charge on any atom is -0.310 e. The first kappa shape index (κ1) is 39.6. The lowest BCUT2D eigenvalue weighted by molar-refractivity contribution is 0.662. The number of benzene rings is 10. The van der Waals surface area contributed by atoms with Crippen molar-refractivity contribution in [3.05, 3.63) is 270 Å². The molecule has 0 bridgehead atoms. The van der Waals surface area contributed by atoms with Gasteiger partial charge in [0, 0.05) is 27.9 Å². The highest BCUT2D eigenvalue weighted by molar-refractivity contribution is 5.94. The SMILES string of the molecule is CC1(C)c2ccccc2-c2cccc(-c3ccccc3-c3ccc(N(c4ccc(-c5ccc(-c6ccccc6)cc5)cc4)c4ccc5c(c4)C(C)(c4ccccc4)c4ccccc4-5)cc3)c21. The molecule has 1 nitrogen and oxygen atoms in total. The van der Waals surface area contributed by atoms with Gasteiger partial charge in [0.1, 0.15) is 0 Å². The van der Waals surface area contributed by atoms with E-state index in [4.69, 9.17) is 0 Å². The highest BCUT2D eigenvalue weighted by Crippen LogP contribution is 2.55. The van der Waals surface area contributed by atoms with Gasteiger partial charge in [-0.05, 0) is 138 Å². The largest absolute Gasteiger partial charge is 0.310 e. The summed E-state index contributed by atoms with van der Waals surface area (Å²) in [6.45, 7) is 7.15. The molecule has 10 aromatic rings. The Morgan fingerprint density at radius 1 is 0.273 bits per heavy atom. The monoisotopic (exact) mass is 843 g/mol. The predicted octanol–water partition coefficient (Wildman–Crippen LogP) is 17.5. The molecular weight excluding hydrogens is 795 g/mol. The summed E-state index contributed by atoms with van der Waals surface area (Å²) in [4.78, 5) is 2.43. The first-order valence-corrected chi connectivity index (χ1v) is 23.2. The van der Waals surface area contributed by atoms with E-state index in [1.807, 2.05) is 0 Å². The molecule has 0 saturated carbocycles. The van der Waals surface area contributed by atoms with Gasteiger partial charge < -0.3 is 4.90 Å². The first-order chi connectivity index (χ1) is 32.4. The van der Waals surface area contributed by atoms with Crippen LogP contribution in [-0.2, 0) is 10.8 Å². The van der Waals surface area contributed by atoms with Crippen molar-refractivity contribution in [1.82, 2.24) is 0 Å². The van der Waals surface area contributed by atoms with Crippen LogP contribution in [0.2, 0.25) is 0 Å². The van der Waals surface area contributed by atoms with Gasteiger partial charge in [-0.15, -0.1) is 0 Å². The molecule has 1 atom stereocenters. The smallest absolute Gasteiger partial charge is 0.0465 e. The van der Waals surface area contributed by atoms with E-state index in [2.05, 4.69) is 268 Å². The van der Waals surface area contributed by atoms with E-state index < -0.39 is 0 Å². The van der Waals surface area contributed by atoms with Gasteiger partial charge in [0.25, 0.3) is 0 Å². The molecule has 2 aliphatic carbocycles. The molecule has 0 saturated heterocycles. The molecule has 0 heterocycles. The fourth-order valence-electron chi connectivity index (χ4n) is 11.3. The number of hydrogen-bond acceptors (Lipinski definition) is 1. The van der Waals surface area contributed by atoms with E-state index in [1.54, 1.807) is 0 Å². The van der Waals surface area contributed by atoms with Crippen LogP contribution in [0.3, 0.4) is 0 Å². The van der Waals surface area contributed by atoms with Crippen LogP contribution in [0.1, 0.15) is 48.6 Å². The number of rotatable bonds is 8. The second-order valence-corrected chi connectivity index (χ2v) is 18.6. The molecule has 66 heavy (non-hydrogen) atoms. The lowest BCUT2D eigenvalue weighted by atomic mass is 9.74. The van der Waals surface area contributed by atoms with Crippen LogP contribution in [0.5, 0.6) is 0 Å². The number of nitrogens with zero attached hydrogens (tertiary/aromatic N) is 1. The molecule has 0 amide bonds. The fourth-order valence-corrected chi connectivity index (χ4v) is 11.3. The number of hydrogen-bond donors (Lipinski definition) is 0. The van der Waals surface area contributed by atoms with Crippen molar-refractivity contribution >= 4 is 17.1 Å². The van der Waals surface area contributed by atoms with E-state index in [1.165, 1.54) is 94.6 Å². The standard InChI is InChI=1S/C65H49N/c1-64(2)60-27-14-12-24-56(60)59-26-16-25-58(63(59)64)54-22-11-10-21-53(54)48-35-39-51(40-36-48)66(50-37-33-47(34-38-50)46-31-29-45(30-32-46)44-17-6-4-7-18-44)52-41-42-57-55-23-13-15-28-61(55)65(3,62(57)43-52)49-19-8-5-9-20-49/h4-43H,1-3H3. The summed E-state index contributed by atoms with van der Waals surface area (Å²) < 4.78 is 0. The third kappa shape index (κ3) is 6.30. The van der Waals surface area contributed by atoms with Gasteiger partial charge in [-0.25, -0.2) is 0 Å². The summed E-state index contributed by atoms with van der Waals surface area (Å²) in [7, 11) is 0. The Bertz CT molecular complexity index is 3420. The van der Waals surface area contributed by atoms with E-state index in [0.717, 1.165) is 17.1 Å². The molecule has 0 aliphatic heterocycles. The highest BCUT2D eigenvalue weighted by Gasteiger charge is 2.41. The number of fused-ring (bicyclic) bond motifs is 6. The van der Waals surface area contributed by atoms with Crippen LogP contribution in [0, 0.1) is 0 Å². The molecule has 2 aliphatic rings. The Morgan fingerprint density at radius 2 is 0.682 bits per heavy atom. The van der Waals surface area contributed by atoms with E-state index in [-0.39, 0.29) is 10.8 Å². The maximum atomic E-state index is 2.44. The predicted molar refractivity (Wildman–Crippen MR) is 278 cm³/mol. The van der Waals surface area contributed by atoms with Crippen LogP contribution in [0.15, 0.2) is 243 Å². The van der Waals surface area contributed by atoms with Crippen LogP contribution < -0.4 is 4.90 Å².